The molecule has 2 fully saturated rings. The van der Waals surface area contributed by atoms with Crippen molar-refractivity contribution < 1.29 is 4.79 Å². The highest BCUT2D eigenvalue weighted by Crippen LogP contribution is 2.17. The summed E-state index contributed by atoms with van der Waals surface area (Å²) in [5.74, 6) is 0.355. The highest BCUT2D eigenvalue weighted by atomic mass is 16.2. The Bertz CT molecular complexity index is 232. The topological polar surface area (TPSA) is 35.6 Å². The van der Waals surface area contributed by atoms with Crippen molar-refractivity contribution in [3.63, 3.8) is 0 Å². The standard InChI is InChI=1S/C12H23N3O/c1-2-3-4-12(16)15-9-11(10-15)14-7-5-13-6-8-14/h11,13H,2-10H2,1H3. The number of likely N-dealkylation sites (tertiary alicyclic amines) is 1. The van der Waals surface area contributed by atoms with Gasteiger partial charge in [-0.2, -0.15) is 0 Å². The van der Waals surface area contributed by atoms with Crippen molar-refractivity contribution in [3.05, 3.63) is 0 Å². The van der Waals surface area contributed by atoms with Gasteiger partial charge in [0.15, 0.2) is 0 Å². The third kappa shape index (κ3) is 2.74. The average molecular weight is 225 g/mol. The number of nitrogens with zero attached hydrogens (tertiary/aromatic N) is 2. The number of rotatable bonds is 4. The van der Waals surface area contributed by atoms with Gasteiger partial charge >= 0.3 is 0 Å². The molecule has 4 nitrogen and oxygen atoms in total. The zero-order valence-corrected chi connectivity index (χ0v) is 10.2. The quantitative estimate of drug-likeness (QED) is 0.747. The van der Waals surface area contributed by atoms with E-state index in [0.717, 1.165) is 58.5 Å². The van der Waals surface area contributed by atoms with E-state index in [0.29, 0.717) is 11.9 Å². The Kier molecular flexibility index (Phi) is 4.18. The molecule has 1 amide bonds. The molecule has 92 valence electrons. The van der Waals surface area contributed by atoms with Crippen LogP contribution in [0, 0.1) is 0 Å². The molecule has 0 aromatic rings. The van der Waals surface area contributed by atoms with Gasteiger partial charge in [0.25, 0.3) is 0 Å². The summed E-state index contributed by atoms with van der Waals surface area (Å²) in [6.45, 7) is 8.53. The molecule has 0 aliphatic carbocycles. The first-order valence-electron chi connectivity index (χ1n) is 6.54. The monoisotopic (exact) mass is 225 g/mol. The van der Waals surface area contributed by atoms with E-state index < -0.39 is 0 Å². The molecule has 4 heteroatoms. The van der Waals surface area contributed by atoms with Crippen molar-refractivity contribution in [2.75, 3.05) is 39.3 Å². The molecule has 0 aromatic heterocycles. The van der Waals surface area contributed by atoms with Crippen LogP contribution in [0.4, 0.5) is 0 Å². The molecule has 0 spiro atoms. The van der Waals surface area contributed by atoms with Crippen LogP contribution < -0.4 is 5.32 Å². The van der Waals surface area contributed by atoms with Crippen molar-refractivity contribution in [1.82, 2.24) is 15.1 Å². The molecule has 0 unspecified atom stereocenters. The number of amides is 1. The highest BCUT2D eigenvalue weighted by molar-refractivity contribution is 5.77. The smallest absolute Gasteiger partial charge is 0.222 e. The first-order chi connectivity index (χ1) is 7.81. The fourth-order valence-corrected chi connectivity index (χ4v) is 2.42. The summed E-state index contributed by atoms with van der Waals surface area (Å²) in [5, 5.41) is 3.36. The fraction of sp³-hybridized carbons (Fsp3) is 0.917. The Morgan fingerprint density at radius 2 is 2.00 bits per heavy atom. The van der Waals surface area contributed by atoms with E-state index in [4.69, 9.17) is 0 Å². The predicted octanol–water partition coefficient (Wildman–Crippen LogP) is 0.293. The van der Waals surface area contributed by atoms with Crippen LogP contribution in [0.5, 0.6) is 0 Å². The summed E-state index contributed by atoms with van der Waals surface area (Å²) >= 11 is 0. The summed E-state index contributed by atoms with van der Waals surface area (Å²) in [5.41, 5.74) is 0. The Morgan fingerprint density at radius 1 is 1.31 bits per heavy atom. The van der Waals surface area contributed by atoms with Crippen LogP contribution in [0.2, 0.25) is 0 Å². The minimum absolute atomic E-state index is 0.355. The third-order valence-corrected chi connectivity index (χ3v) is 3.63. The van der Waals surface area contributed by atoms with Crippen molar-refractivity contribution in [2.45, 2.75) is 32.2 Å². The second-order valence-corrected chi connectivity index (χ2v) is 4.84. The number of carbonyl (C=O) groups excluding carboxylic acids is 1. The molecular weight excluding hydrogens is 202 g/mol. The lowest BCUT2D eigenvalue weighted by Crippen LogP contribution is -2.63. The van der Waals surface area contributed by atoms with Crippen LogP contribution >= 0.6 is 0 Å². The lowest BCUT2D eigenvalue weighted by Gasteiger charge is -2.46. The largest absolute Gasteiger partial charge is 0.339 e. The molecule has 1 N–H and O–H groups in total. The van der Waals surface area contributed by atoms with Gasteiger partial charge in [-0.25, -0.2) is 0 Å². The fourth-order valence-electron chi connectivity index (χ4n) is 2.42. The van der Waals surface area contributed by atoms with Gasteiger partial charge in [-0.05, 0) is 6.42 Å². The van der Waals surface area contributed by atoms with E-state index in [1.54, 1.807) is 0 Å². The van der Waals surface area contributed by atoms with E-state index in [1.165, 1.54) is 0 Å². The number of unbranched alkanes of at least 4 members (excludes halogenated alkanes) is 1. The summed E-state index contributed by atoms with van der Waals surface area (Å²) < 4.78 is 0. The molecule has 2 aliphatic heterocycles. The number of hydrogen-bond acceptors (Lipinski definition) is 3. The van der Waals surface area contributed by atoms with Gasteiger partial charge in [0.05, 0.1) is 0 Å². The minimum Gasteiger partial charge on any atom is -0.339 e. The van der Waals surface area contributed by atoms with Gasteiger partial charge in [-0.3, -0.25) is 9.69 Å². The predicted molar refractivity (Wildman–Crippen MR) is 64.3 cm³/mol. The van der Waals surface area contributed by atoms with Gasteiger partial charge in [-0.15, -0.1) is 0 Å². The van der Waals surface area contributed by atoms with Crippen molar-refractivity contribution in [2.24, 2.45) is 0 Å². The first kappa shape index (κ1) is 11.9. The van der Waals surface area contributed by atoms with E-state index in [9.17, 15) is 4.79 Å². The molecule has 16 heavy (non-hydrogen) atoms. The van der Waals surface area contributed by atoms with Crippen LogP contribution in [0.1, 0.15) is 26.2 Å². The third-order valence-electron chi connectivity index (χ3n) is 3.63. The molecule has 0 saturated carbocycles. The molecule has 2 rings (SSSR count). The van der Waals surface area contributed by atoms with Crippen LogP contribution in [-0.2, 0) is 4.79 Å². The lowest BCUT2D eigenvalue weighted by molar-refractivity contribution is -0.138. The van der Waals surface area contributed by atoms with Crippen LogP contribution in [0.3, 0.4) is 0 Å². The van der Waals surface area contributed by atoms with Crippen LogP contribution in [0.25, 0.3) is 0 Å². The molecule has 0 radical (unpaired) electrons. The Balaban J connectivity index is 1.66. The maximum Gasteiger partial charge on any atom is 0.222 e. The van der Waals surface area contributed by atoms with E-state index in [-0.39, 0.29) is 0 Å². The van der Waals surface area contributed by atoms with Gasteiger partial charge < -0.3 is 10.2 Å². The van der Waals surface area contributed by atoms with E-state index in [1.807, 2.05) is 4.90 Å². The number of piperazine rings is 1. The van der Waals surface area contributed by atoms with Gasteiger partial charge in [-0.1, -0.05) is 13.3 Å². The molecule has 2 heterocycles. The number of nitrogens with one attached hydrogen (secondary N) is 1. The zero-order chi connectivity index (χ0) is 11.4. The van der Waals surface area contributed by atoms with Gasteiger partial charge in [0.2, 0.25) is 5.91 Å². The molecule has 2 aliphatic rings. The van der Waals surface area contributed by atoms with Crippen molar-refractivity contribution >= 4 is 5.91 Å². The summed E-state index contributed by atoms with van der Waals surface area (Å²) in [4.78, 5) is 16.2. The van der Waals surface area contributed by atoms with Crippen LogP contribution in [0.15, 0.2) is 0 Å². The summed E-state index contributed by atoms with van der Waals surface area (Å²) in [6.07, 6.45) is 2.89. The lowest BCUT2D eigenvalue weighted by atomic mass is 10.0. The normalized spacial score (nSPS) is 23.2. The molecule has 0 atom stereocenters. The first-order valence-corrected chi connectivity index (χ1v) is 6.54. The summed E-state index contributed by atoms with van der Waals surface area (Å²) in [6, 6.07) is 0.632. The SMILES string of the molecule is CCCCC(=O)N1CC(N2CCNCC2)C1. The molecule has 0 aromatic carbocycles. The summed E-state index contributed by atoms with van der Waals surface area (Å²) in [7, 11) is 0. The number of carbonyl (C=O) groups is 1. The van der Waals surface area contributed by atoms with Crippen LogP contribution in [-0.4, -0.2) is 61.0 Å². The maximum absolute atomic E-state index is 11.7. The highest BCUT2D eigenvalue weighted by Gasteiger charge is 2.34. The Labute approximate surface area is 98.0 Å². The Hall–Kier alpha value is -0.610. The molecule has 2 saturated heterocycles. The van der Waals surface area contributed by atoms with E-state index in [2.05, 4.69) is 17.1 Å². The van der Waals surface area contributed by atoms with E-state index >= 15 is 0 Å². The minimum atomic E-state index is 0.355. The molecule has 0 bridgehead atoms. The second kappa shape index (κ2) is 5.64. The average Bonchev–Trinajstić information content (AvgIpc) is 2.26. The Morgan fingerprint density at radius 3 is 2.62 bits per heavy atom. The number of hydrogen-bond donors (Lipinski definition) is 1. The second-order valence-electron chi connectivity index (χ2n) is 4.84. The molecular formula is C12H23N3O. The van der Waals surface area contributed by atoms with Crippen molar-refractivity contribution in [1.29, 1.82) is 0 Å². The van der Waals surface area contributed by atoms with Crippen molar-refractivity contribution in [3.8, 4) is 0 Å². The van der Waals surface area contributed by atoms with Gasteiger partial charge in [0.1, 0.15) is 0 Å². The zero-order valence-electron chi connectivity index (χ0n) is 10.2. The maximum atomic E-state index is 11.7. The van der Waals surface area contributed by atoms with Gasteiger partial charge in [0, 0.05) is 51.7 Å².